The molecule has 2 heteroatoms. The first-order valence-corrected chi connectivity index (χ1v) is 5.32. The second-order valence-corrected chi connectivity index (χ2v) is 4.92. The Morgan fingerprint density at radius 3 is 2.75 bits per heavy atom. The molecule has 1 aromatic rings. The lowest BCUT2D eigenvalue weighted by Crippen LogP contribution is -2.00. The summed E-state index contributed by atoms with van der Waals surface area (Å²) in [6.45, 7) is 6.11. The number of Topliss-reactive ketones (excluding diaryl/α,β-unsaturated/α-hetero) is 1. The van der Waals surface area contributed by atoms with E-state index in [9.17, 15) is 4.79 Å². The van der Waals surface area contributed by atoms with Gasteiger partial charge in [-0.05, 0) is 26.7 Å². The van der Waals surface area contributed by atoms with Crippen molar-refractivity contribution in [3.63, 3.8) is 0 Å². The molecule has 82 valence electrons. The summed E-state index contributed by atoms with van der Waals surface area (Å²) in [6.07, 6.45) is 4.18. The van der Waals surface area contributed by atoms with Gasteiger partial charge in [0.1, 0.15) is 0 Å². The molecule has 0 aromatic carbocycles. The van der Waals surface area contributed by atoms with E-state index in [1.807, 2.05) is 39.0 Å². The molecular weight excluding hydrogens is 200 g/mol. The Hall–Kier alpha value is -1.75. The zero-order chi connectivity index (χ0) is 11.8. The first kappa shape index (κ1) is 10.8. The van der Waals surface area contributed by atoms with Crippen molar-refractivity contribution in [3.8, 4) is 11.8 Å². The SMILES string of the molecule is CC(C)(C)C#Cc1cc2c(o1)C(=O)CC=C2. The van der Waals surface area contributed by atoms with Gasteiger partial charge in [-0.1, -0.05) is 18.1 Å². The van der Waals surface area contributed by atoms with E-state index in [0.717, 1.165) is 5.56 Å². The van der Waals surface area contributed by atoms with Gasteiger partial charge in [-0.15, -0.1) is 0 Å². The third-order valence-corrected chi connectivity index (χ3v) is 2.18. The Morgan fingerprint density at radius 2 is 2.12 bits per heavy atom. The minimum atomic E-state index is -0.0624. The van der Waals surface area contributed by atoms with E-state index in [2.05, 4.69) is 11.8 Å². The zero-order valence-corrected chi connectivity index (χ0v) is 9.76. The van der Waals surface area contributed by atoms with Gasteiger partial charge < -0.3 is 4.42 Å². The predicted octanol–water partition coefficient (Wildman–Crippen LogP) is 3.28. The van der Waals surface area contributed by atoms with E-state index in [0.29, 0.717) is 17.9 Å². The van der Waals surface area contributed by atoms with Crippen molar-refractivity contribution < 1.29 is 9.21 Å². The molecule has 0 radical (unpaired) electrons. The number of rotatable bonds is 0. The molecule has 0 saturated carbocycles. The second kappa shape index (κ2) is 3.68. The summed E-state index contributed by atoms with van der Waals surface area (Å²) < 4.78 is 5.44. The molecule has 0 bridgehead atoms. The zero-order valence-electron chi connectivity index (χ0n) is 9.76. The highest BCUT2D eigenvalue weighted by molar-refractivity contribution is 6.00. The van der Waals surface area contributed by atoms with Gasteiger partial charge in [0, 0.05) is 23.5 Å². The molecule has 16 heavy (non-hydrogen) atoms. The fourth-order valence-electron chi connectivity index (χ4n) is 1.44. The van der Waals surface area contributed by atoms with Crippen LogP contribution in [0.2, 0.25) is 0 Å². The third-order valence-electron chi connectivity index (χ3n) is 2.18. The number of hydrogen-bond donors (Lipinski definition) is 0. The fourth-order valence-corrected chi connectivity index (χ4v) is 1.44. The van der Waals surface area contributed by atoms with E-state index in [1.165, 1.54) is 0 Å². The summed E-state index contributed by atoms with van der Waals surface area (Å²) in [7, 11) is 0. The molecule has 0 atom stereocenters. The van der Waals surface area contributed by atoms with Crippen LogP contribution in [0.4, 0.5) is 0 Å². The third kappa shape index (κ3) is 2.25. The molecule has 2 rings (SSSR count). The van der Waals surface area contributed by atoms with Crippen LogP contribution in [0.1, 0.15) is 49.1 Å². The van der Waals surface area contributed by atoms with E-state index in [1.54, 1.807) is 0 Å². The summed E-state index contributed by atoms with van der Waals surface area (Å²) in [5, 5.41) is 0. The average molecular weight is 214 g/mol. The van der Waals surface area contributed by atoms with Crippen molar-refractivity contribution in [3.05, 3.63) is 29.2 Å². The Labute approximate surface area is 95.3 Å². The minimum Gasteiger partial charge on any atom is -0.444 e. The quantitative estimate of drug-likeness (QED) is 0.620. The number of hydrogen-bond acceptors (Lipinski definition) is 2. The molecule has 0 spiro atoms. The number of fused-ring (bicyclic) bond motifs is 1. The van der Waals surface area contributed by atoms with Crippen molar-refractivity contribution in [1.29, 1.82) is 0 Å². The molecule has 1 aromatic heterocycles. The van der Waals surface area contributed by atoms with E-state index in [-0.39, 0.29) is 11.2 Å². The van der Waals surface area contributed by atoms with Gasteiger partial charge in [0.25, 0.3) is 0 Å². The van der Waals surface area contributed by atoms with Gasteiger partial charge in [-0.3, -0.25) is 4.79 Å². The summed E-state index contributed by atoms with van der Waals surface area (Å²) in [5.41, 5.74) is 0.780. The van der Waals surface area contributed by atoms with Gasteiger partial charge in [0.15, 0.2) is 11.5 Å². The van der Waals surface area contributed by atoms with Crippen LogP contribution < -0.4 is 0 Å². The molecule has 0 N–H and O–H groups in total. The van der Waals surface area contributed by atoms with Crippen LogP contribution in [0, 0.1) is 17.3 Å². The normalized spacial score (nSPS) is 14.3. The van der Waals surface area contributed by atoms with Crippen LogP contribution in [0.15, 0.2) is 16.6 Å². The highest BCUT2D eigenvalue weighted by Gasteiger charge is 2.18. The molecule has 2 nitrogen and oxygen atoms in total. The monoisotopic (exact) mass is 214 g/mol. The number of ketones is 1. The topological polar surface area (TPSA) is 30.2 Å². The molecule has 0 saturated heterocycles. The maximum Gasteiger partial charge on any atom is 0.202 e. The number of allylic oxidation sites excluding steroid dienone is 1. The van der Waals surface area contributed by atoms with Crippen LogP contribution in [0.25, 0.3) is 6.08 Å². The van der Waals surface area contributed by atoms with Crippen molar-refractivity contribution in [2.24, 2.45) is 5.41 Å². The molecular formula is C14H14O2. The van der Waals surface area contributed by atoms with Crippen LogP contribution >= 0.6 is 0 Å². The first-order chi connectivity index (χ1) is 7.46. The summed E-state index contributed by atoms with van der Waals surface area (Å²) in [5.74, 6) is 7.09. The van der Waals surface area contributed by atoms with Gasteiger partial charge in [-0.2, -0.15) is 0 Å². The van der Waals surface area contributed by atoms with Gasteiger partial charge in [0.2, 0.25) is 5.78 Å². The van der Waals surface area contributed by atoms with Crippen LogP contribution in [0.3, 0.4) is 0 Å². The number of carbonyl (C=O) groups is 1. The molecule has 1 aliphatic carbocycles. The van der Waals surface area contributed by atoms with Crippen molar-refractivity contribution in [2.75, 3.05) is 0 Å². The fraction of sp³-hybridized carbons (Fsp3) is 0.357. The average Bonchev–Trinajstić information content (AvgIpc) is 2.58. The van der Waals surface area contributed by atoms with E-state index < -0.39 is 0 Å². The van der Waals surface area contributed by atoms with Crippen LogP contribution in [-0.4, -0.2) is 5.78 Å². The Bertz CT molecular complexity index is 513. The standard InChI is InChI=1S/C14H14O2/c1-14(2,3)8-7-11-9-10-5-4-6-12(15)13(10)16-11/h4-5,9H,6H2,1-3H3. The van der Waals surface area contributed by atoms with E-state index >= 15 is 0 Å². The highest BCUT2D eigenvalue weighted by atomic mass is 16.3. The molecule has 1 aliphatic rings. The summed E-state index contributed by atoms with van der Waals surface area (Å²) >= 11 is 0. The summed E-state index contributed by atoms with van der Waals surface area (Å²) in [4.78, 5) is 11.5. The van der Waals surface area contributed by atoms with Gasteiger partial charge >= 0.3 is 0 Å². The van der Waals surface area contributed by atoms with Crippen molar-refractivity contribution >= 4 is 11.9 Å². The smallest absolute Gasteiger partial charge is 0.202 e. The van der Waals surface area contributed by atoms with Gasteiger partial charge in [0.05, 0.1) is 0 Å². The van der Waals surface area contributed by atoms with Gasteiger partial charge in [-0.25, -0.2) is 0 Å². The maximum atomic E-state index is 11.5. The molecule has 1 heterocycles. The molecule has 0 aliphatic heterocycles. The molecule has 0 unspecified atom stereocenters. The van der Waals surface area contributed by atoms with Crippen molar-refractivity contribution in [1.82, 2.24) is 0 Å². The minimum absolute atomic E-state index is 0.0290. The van der Waals surface area contributed by atoms with Crippen molar-refractivity contribution in [2.45, 2.75) is 27.2 Å². The lowest BCUT2D eigenvalue weighted by Gasteiger charge is -2.06. The summed E-state index contributed by atoms with van der Waals surface area (Å²) in [6, 6.07) is 1.82. The second-order valence-electron chi connectivity index (χ2n) is 4.92. The predicted molar refractivity (Wildman–Crippen MR) is 63.0 cm³/mol. The lowest BCUT2D eigenvalue weighted by molar-refractivity contribution is 0.0967. The Balaban J connectivity index is 2.35. The van der Waals surface area contributed by atoms with E-state index in [4.69, 9.17) is 4.42 Å². The maximum absolute atomic E-state index is 11.5. The van der Waals surface area contributed by atoms with Crippen LogP contribution in [0.5, 0.6) is 0 Å². The number of furan rings is 1. The lowest BCUT2D eigenvalue weighted by atomic mass is 9.98. The van der Waals surface area contributed by atoms with Crippen LogP contribution in [-0.2, 0) is 0 Å². The molecule has 0 fully saturated rings. The Kier molecular flexibility index (Phi) is 2.47. The Morgan fingerprint density at radius 1 is 1.38 bits per heavy atom. The number of carbonyl (C=O) groups excluding carboxylic acids is 1. The molecule has 0 amide bonds. The largest absolute Gasteiger partial charge is 0.444 e. The highest BCUT2D eigenvalue weighted by Crippen LogP contribution is 2.23. The first-order valence-electron chi connectivity index (χ1n) is 5.32.